The summed E-state index contributed by atoms with van der Waals surface area (Å²) in [5.74, 6) is -0.874. The van der Waals surface area contributed by atoms with E-state index in [1.54, 1.807) is 65.6 Å². The van der Waals surface area contributed by atoms with Crippen molar-refractivity contribution in [1.82, 2.24) is 4.90 Å². The number of non-ortho nitro benzene ring substituents is 1. The molecule has 2 aliphatic heterocycles. The van der Waals surface area contributed by atoms with Gasteiger partial charge in [0, 0.05) is 49.6 Å². The van der Waals surface area contributed by atoms with Gasteiger partial charge in [-0.15, -0.1) is 0 Å². The molecule has 0 radical (unpaired) electrons. The van der Waals surface area contributed by atoms with Gasteiger partial charge in [-0.2, -0.15) is 0 Å². The van der Waals surface area contributed by atoms with E-state index in [0.717, 1.165) is 10.6 Å². The fourth-order valence-electron chi connectivity index (χ4n) is 4.31. The lowest BCUT2D eigenvalue weighted by Crippen LogP contribution is -2.48. The summed E-state index contributed by atoms with van der Waals surface area (Å²) in [6.07, 6.45) is 0. The molecule has 1 saturated heterocycles. The second-order valence-corrected chi connectivity index (χ2v) is 8.09. The van der Waals surface area contributed by atoms with Crippen molar-refractivity contribution in [2.24, 2.45) is 0 Å². The van der Waals surface area contributed by atoms with Gasteiger partial charge in [-0.05, 0) is 48.5 Å². The Labute approximate surface area is 195 Å². The molecule has 170 valence electrons. The Kier molecular flexibility index (Phi) is 5.29. The minimum absolute atomic E-state index is 0.0437. The van der Waals surface area contributed by atoms with E-state index >= 15 is 0 Å². The van der Waals surface area contributed by atoms with Gasteiger partial charge in [-0.25, -0.2) is 4.90 Å². The zero-order valence-electron chi connectivity index (χ0n) is 18.1. The van der Waals surface area contributed by atoms with E-state index < -0.39 is 4.92 Å². The Bertz CT molecular complexity index is 1260. The van der Waals surface area contributed by atoms with Crippen molar-refractivity contribution in [2.75, 3.05) is 36.0 Å². The molecule has 2 aliphatic rings. The van der Waals surface area contributed by atoms with Crippen molar-refractivity contribution in [2.45, 2.75) is 0 Å². The second-order valence-electron chi connectivity index (χ2n) is 8.09. The number of piperazine rings is 1. The maximum absolute atomic E-state index is 13.0. The number of rotatable bonds is 4. The summed E-state index contributed by atoms with van der Waals surface area (Å²) in [6, 6.07) is 19.6. The second kappa shape index (κ2) is 8.43. The number of carbonyl (C=O) groups is 3. The predicted octanol–water partition coefficient (Wildman–Crippen LogP) is 3.36. The molecule has 3 amide bonds. The number of amides is 3. The lowest BCUT2D eigenvalue weighted by Gasteiger charge is -2.36. The number of imide groups is 1. The lowest BCUT2D eigenvalue weighted by molar-refractivity contribution is -0.384. The first-order valence-electron chi connectivity index (χ1n) is 10.8. The van der Waals surface area contributed by atoms with Crippen LogP contribution in [0.2, 0.25) is 0 Å². The smallest absolute Gasteiger partial charge is 0.269 e. The molecule has 0 saturated carbocycles. The van der Waals surface area contributed by atoms with E-state index in [0.29, 0.717) is 48.6 Å². The van der Waals surface area contributed by atoms with Gasteiger partial charge >= 0.3 is 0 Å². The summed E-state index contributed by atoms with van der Waals surface area (Å²) < 4.78 is 0. The van der Waals surface area contributed by atoms with Crippen molar-refractivity contribution in [3.05, 3.63) is 99.6 Å². The summed E-state index contributed by atoms with van der Waals surface area (Å²) in [5.41, 5.74) is 2.57. The third kappa shape index (κ3) is 3.66. The fraction of sp³-hybridized carbons (Fsp3) is 0.160. The number of benzene rings is 3. The number of anilines is 2. The fourth-order valence-corrected chi connectivity index (χ4v) is 4.31. The number of nitro groups is 1. The number of nitrogens with zero attached hydrogens (tertiary/aromatic N) is 4. The average molecular weight is 456 g/mol. The molecule has 0 aliphatic carbocycles. The molecular formula is C25H20N4O5. The predicted molar refractivity (Wildman–Crippen MR) is 125 cm³/mol. The topological polar surface area (TPSA) is 104 Å². The highest BCUT2D eigenvalue weighted by molar-refractivity contribution is 6.34. The van der Waals surface area contributed by atoms with E-state index in [4.69, 9.17) is 0 Å². The van der Waals surface area contributed by atoms with Crippen LogP contribution in [0.1, 0.15) is 31.1 Å². The van der Waals surface area contributed by atoms with Gasteiger partial charge in [0.25, 0.3) is 23.4 Å². The number of hydrogen-bond donors (Lipinski definition) is 0. The molecule has 0 unspecified atom stereocenters. The van der Waals surface area contributed by atoms with Crippen molar-refractivity contribution in [1.29, 1.82) is 0 Å². The Balaban J connectivity index is 1.24. The summed E-state index contributed by atoms with van der Waals surface area (Å²) in [4.78, 5) is 53.7. The van der Waals surface area contributed by atoms with Crippen molar-refractivity contribution in [3.8, 4) is 0 Å². The number of carbonyl (C=O) groups excluding carboxylic acids is 3. The maximum Gasteiger partial charge on any atom is 0.269 e. The summed E-state index contributed by atoms with van der Waals surface area (Å²) in [7, 11) is 0. The molecule has 0 bridgehead atoms. The lowest BCUT2D eigenvalue weighted by atomic mass is 10.1. The Morgan fingerprint density at radius 2 is 1.26 bits per heavy atom. The first kappa shape index (κ1) is 21.3. The van der Waals surface area contributed by atoms with Crippen molar-refractivity contribution >= 4 is 34.8 Å². The van der Waals surface area contributed by atoms with E-state index in [1.165, 1.54) is 12.1 Å². The monoisotopic (exact) mass is 456 g/mol. The normalized spacial score (nSPS) is 15.5. The van der Waals surface area contributed by atoms with Crippen molar-refractivity contribution < 1.29 is 19.3 Å². The van der Waals surface area contributed by atoms with Gasteiger partial charge in [0.15, 0.2) is 0 Å². The first-order valence-corrected chi connectivity index (χ1v) is 10.8. The SMILES string of the molecule is O=C(c1ccc(N2C(=O)c3ccccc3C2=O)cc1)N1CCN(c2ccc([N+](=O)[O-])cc2)CC1. The quantitative estimate of drug-likeness (QED) is 0.339. The largest absolute Gasteiger partial charge is 0.368 e. The van der Waals surface area contributed by atoms with Gasteiger partial charge in [-0.1, -0.05) is 12.1 Å². The zero-order chi connectivity index (χ0) is 23.8. The van der Waals surface area contributed by atoms with E-state index in [2.05, 4.69) is 4.90 Å². The van der Waals surface area contributed by atoms with E-state index in [-0.39, 0.29) is 23.4 Å². The average Bonchev–Trinajstić information content (AvgIpc) is 3.14. The van der Waals surface area contributed by atoms with Gasteiger partial charge in [-0.3, -0.25) is 24.5 Å². The van der Waals surface area contributed by atoms with Gasteiger partial charge in [0.2, 0.25) is 0 Å². The molecule has 0 atom stereocenters. The molecule has 9 heteroatoms. The highest BCUT2D eigenvalue weighted by atomic mass is 16.6. The van der Waals surface area contributed by atoms with Gasteiger partial charge in [0.1, 0.15) is 0 Å². The summed E-state index contributed by atoms with van der Waals surface area (Å²) in [5, 5.41) is 10.8. The minimum Gasteiger partial charge on any atom is -0.368 e. The molecule has 0 spiro atoms. The molecule has 5 rings (SSSR count). The molecule has 0 N–H and O–H groups in total. The molecule has 2 heterocycles. The highest BCUT2D eigenvalue weighted by Gasteiger charge is 2.36. The van der Waals surface area contributed by atoms with Gasteiger partial charge in [0.05, 0.1) is 21.7 Å². The summed E-state index contributed by atoms with van der Waals surface area (Å²) in [6.45, 7) is 2.24. The Hall–Kier alpha value is -4.53. The van der Waals surface area contributed by atoms with Crippen LogP contribution >= 0.6 is 0 Å². The van der Waals surface area contributed by atoms with Crippen LogP contribution < -0.4 is 9.80 Å². The van der Waals surface area contributed by atoms with Crippen LogP contribution in [0, 0.1) is 10.1 Å². The van der Waals surface area contributed by atoms with E-state index in [9.17, 15) is 24.5 Å². The minimum atomic E-state index is -0.431. The molecule has 3 aromatic carbocycles. The maximum atomic E-state index is 13.0. The van der Waals surface area contributed by atoms with Crippen LogP contribution in [-0.4, -0.2) is 53.7 Å². The van der Waals surface area contributed by atoms with Crippen LogP contribution in [0.25, 0.3) is 0 Å². The molecule has 1 fully saturated rings. The van der Waals surface area contributed by atoms with Crippen LogP contribution in [0.15, 0.2) is 72.8 Å². The van der Waals surface area contributed by atoms with Crippen LogP contribution in [0.4, 0.5) is 17.1 Å². The molecule has 9 nitrogen and oxygen atoms in total. The highest BCUT2D eigenvalue weighted by Crippen LogP contribution is 2.28. The third-order valence-corrected chi connectivity index (χ3v) is 6.16. The molecule has 0 aromatic heterocycles. The zero-order valence-corrected chi connectivity index (χ0v) is 18.1. The standard InChI is InChI=1S/C25H20N4O5/c30-23(27-15-13-26(14-16-27)18-9-11-20(12-10-18)29(33)34)17-5-7-19(8-6-17)28-24(31)21-3-1-2-4-22(21)25(28)32/h1-12H,13-16H2. The Morgan fingerprint density at radius 3 is 1.79 bits per heavy atom. The van der Waals surface area contributed by atoms with Crippen LogP contribution in [-0.2, 0) is 0 Å². The third-order valence-electron chi connectivity index (χ3n) is 6.16. The Morgan fingerprint density at radius 1 is 0.735 bits per heavy atom. The first-order chi connectivity index (χ1) is 16.4. The number of hydrogen-bond acceptors (Lipinski definition) is 6. The molecule has 3 aromatic rings. The van der Waals surface area contributed by atoms with Crippen LogP contribution in [0.3, 0.4) is 0 Å². The molecular weight excluding hydrogens is 436 g/mol. The number of fused-ring (bicyclic) bond motifs is 1. The van der Waals surface area contributed by atoms with E-state index in [1.807, 2.05) is 0 Å². The van der Waals surface area contributed by atoms with Gasteiger partial charge < -0.3 is 9.80 Å². The number of nitro benzene ring substituents is 1. The molecule has 34 heavy (non-hydrogen) atoms. The van der Waals surface area contributed by atoms with Crippen molar-refractivity contribution in [3.63, 3.8) is 0 Å². The van der Waals surface area contributed by atoms with Crippen LogP contribution in [0.5, 0.6) is 0 Å². The summed E-state index contributed by atoms with van der Waals surface area (Å²) >= 11 is 0.